The van der Waals surface area contributed by atoms with Gasteiger partial charge in [-0.2, -0.15) is 0 Å². The van der Waals surface area contributed by atoms with Crippen molar-refractivity contribution in [1.82, 2.24) is 10.3 Å². The largest absolute Gasteiger partial charge is 0.382 e. The number of thiazole rings is 1. The molecule has 1 aliphatic carbocycles. The third-order valence-corrected chi connectivity index (χ3v) is 4.77. The molecule has 0 saturated heterocycles. The summed E-state index contributed by atoms with van der Waals surface area (Å²) in [6.45, 7) is 5.95. The van der Waals surface area contributed by atoms with Crippen LogP contribution >= 0.6 is 11.3 Å². The molecule has 1 aliphatic rings. The van der Waals surface area contributed by atoms with Crippen molar-refractivity contribution in [1.29, 1.82) is 0 Å². The van der Waals surface area contributed by atoms with Crippen molar-refractivity contribution in [3.8, 4) is 0 Å². The van der Waals surface area contributed by atoms with Crippen molar-refractivity contribution in [2.75, 3.05) is 24.1 Å². The average molecular weight is 296 g/mol. The number of carbonyl (C=O) groups is 1. The zero-order valence-corrected chi connectivity index (χ0v) is 13.1. The van der Waals surface area contributed by atoms with Crippen LogP contribution in [0.2, 0.25) is 0 Å². The second-order valence-electron chi connectivity index (χ2n) is 5.65. The summed E-state index contributed by atoms with van der Waals surface area (Å²) in [7, 11) is 0. The molecule has 0 radical (unpaired) electrons. The number of rotatable bonds is 6. The minimum Gasteiger partial charge on any atom is -0.382 e. The van der Waals surface area contributed by atoms with E-state index in [9.17, 15) is 4.79 Å². The molecule has 20 heavy (non-hydrogen) atoms. The molecule has 2 rings (SSSR count). The summed E-state index contributed by atoms with van der Waals surface area (Å²) in [6, 6.07) is 0. The summed E-state index contributed by atoms with van der Waals surface area (Å²) >= 11 is 1.33. The molecule has 0 spiro atoms. The SMILES string of the molecule is CCCNc1nc(N)c(C(=O)NCC2CCC(C)C2)s1. The van der Waals surface area contributed by atoms with E-state index in [-0.39, 0.29) is 5.91 Å². The predicted octanol–water partition coefficient (Wildman–Crippen LogP) is 2.71. The Hall–Kier alpha value is -1.30. The van der Waals surface area contributed by atoms with Gasteiger partial charge in [0.1, 0.15) is 10.7 Å². The highest BCUT2D eigenvalue weighted by Crippen LogP contribution is 2.30. The summed E-state index contributed by atoms with van der Waals surface area (Å²) in [4.78, 5) is 16.9. The van der Waals surface area contributed by atoms with Crippen LogP contribution in [0.15, 0.2) is 0 Å². The molecular formula is C14H24N4OS. The van der Waals surface area contributed by atoms with Gasteiger partial charge in [0.25, 0.3) is 5.91 Å². The zero-order chi connectivity index (χ0) is 14.5. The number of nitrogen functional groups attached to an aromatic ring is 1. The van der Waals surface area contributed by atoms with Crippen LogP contribution in [0.1, 0.15) is 49.2 Å². The normalized spacial score (nSPS) is 21.9. The molecule has 1 saturated carbocycles. The number of carbonyl (C=O) groups excluding carboxylic acids is 1. The van der Waals surface area contributed by atoms with Crippen LogP contribution in [0.4, 0.5) is 10.9 Å². The number of nitrogens with two attached hydrogens (primary N) is 1. The maximum absolute atomic E-state index is 12.1. The fourth-order valence-corrected chi connectivity index (χ4v) is 3.46. The molecule has 6 heteroatoms. The van der Waals surface area contributed by atoms with E-state index in [1.807, 2.05) is 0 Å². The fraction of sp³-hybridized carbons (Fsp3) is 0.714. The number of anilines is 2. The Balaban J connectivity index is 1.86. The first-order valence-electron chi connectivity index (χ1n) is 7.38. The number of nitrogens with one attached hydrogen (secondary N) is 2. The molecule has 1 heterocycles. The van der Waals surface area contributed by atoms with E-state index in [2.05, 4.69) is 29.5 Å². The van der Waals surface area contributed by atoms with Crippen LogP contribution in [0.25, 0.3) is 0 Å². The Morgan fingerprint density at radius 3 is 2.95 bits per heavy atom. The lowest BCUT2D eigenvalue weighted by Gasteiger charge is -2.10. The molecule has 5 nitrogen and oxygen atoms in total. The lowest BCUT2D eigenvalue weighted by atomic mass is 10.1. The van der Waals surface area contributed by atoms with Crippen molar-refractivity contribution < 1.29 is 4.79 Å². The van der Waals surface area contributed by atoms with E-state index in [1.165, 1.54) is 30.6 Å². The van der Waals surface area contributed by atoms with E-state index in [0.717, 1.165) is 30.6 Å². The number of amides is 1. The lowest BCUT2D eigenvalue weighted by molar-refractivity contribution is 0.0952. The highest BCUT2D eigenvalue weighted by Gasteiger charge is 2.23. The second-order valence-corrected chi connectivity index (χ2v) is 6.65. The number of hydrogen-bond acceptors (Lipinski definition) is 5. The van der Waals surface area contributed by atoms with Gasteiger partial charge in [0.15, 0.2) is 5.13 Å². The molecule has 112 valence electrons. The first-order valence-corrected chi connectivity index (χ1v) is 8.20. The standard InChI is InChI=1S/C14H24N4OS/c1-3-6-16-14-18-12(15)11(20-14)13(19)17-8-10-5-4-9(2)7-10/h9-10H,3-8,15H2,1-2H3,(H,16,18)(H,17,19). The van der Waals surface area contributed by atoms with Crippen LogP contribution in [-0.2, 0) is 0 Å². The molecule has 0 bridgehead atoms. The Kier molecular flexibility index (Phi) is 5.23. The Labute approximate surface area is 124 Å². The monoisotopic (exact) mass is 296 g/mol. The molecule has 1 aromatic heterocycles. The van der Waals surface area contributed by atoms with Crippen molar-refractivity contribution in [2.45, 2.75) is 39.5 Å². The van der Waals surface area contributed by atoms with E-state index >= 15 is 0 Å². The Morgan fingerprint density at radius 2 is 2.30 bits per heavy atom. The van der Waals surface area contributed by atoms with E-state index in [4.69, 9.17) is 5.73 Å². The van der Waals surface area contributed by atoms with Crippen molar-refractivity contribution in [3.05, 3.63) is 4.88 Å². The van der Waals surface area contributed by atoms with Gasteiger partial charge in [-0.15, -0.1) is 0 Å². The van der Waals surface area contributed by atoms with Gasteiger partial charge >= 0.3 is 0 Å². The van der Waals surface area contributed by atoms with Crippen molar-refractivity contribution in [2.24, 2.45) is 11.8 Å². The minimum absolute atomic E-state index is 0.0934. The van der Waals surface area contributed by atoms with E-state index < -0.39 is 0 Å². The molecule has 1 fully saturated rings. The van der Waals surface area contributed by atoms with Gasteiger partial charge in [-0.25, -0.2) is 4.98 Å². The van der Waals surface area contributed by atoms with Gasteiger partial charge in [0.05, 0.1) is 0 Å². The van der Waals surface area contributed by atoms with Crippen LogP contribution in [0, 0.1) is 11.8 Å². The molecule has 0 aromatic carbocycles. The molecular weight excluding hydrogens is 272 g/mol. The minimum atomic E-state index is -0.0934. The average Bonchev–Trinajstić information content (AvgIpc) is 3.00. The smallest absolute Gasteiger partial charge is 0.265 e. The molecule has 1 aromatic rings. The van der Waals surface area contributed by atoms with Gasteiger partial charge < -0.3 is 16.4 Å². The fourth-order valence-electron chi connectivity index (χ4n) is 2.63. The number of aromatic nitrogens is 1. The highest BCUT2D eigenvalue weighted by atomic mass is 32.1. The molecule has 2 unspecified atom stereocenters. The molecule has 4 N–H and O–H groups in total. The van der Waals surface area contributed by atoms with Crippen LogP contribution in [-0.4, -0.2) is 24.0 Å². The number of nitrogens with zero attached hydrogens (tertiary/aromatic N) is 1. The van der Waals surface area contributed by atoms with Gasteiger partial charge in [0, 0.05) is 13.1 Å². The molecule has 1 amide bonds. The Bertz CT molecular complexity index is 460. The van der Waals surface area contributed by atoms with Gasteiger partial charge in [-0.3, -0.25) is 4.79 Å². The Morgan fingerprint density at radius 1 is 1.50 bits per heavy atom. The third-order valence-electron chi connectivity index (χ3n) is 3.74. The highest BCUT2D eigenvalue weighted by molar-refractivity contribution is 7.18. The maximum atomic E-state index is 12.1. The van der Waals surface area contributed by atoms with E-state index in [0.29, 0.717) is 16.6 Å². The van der Waals surface area contributed by atoms with Crippen LogP contribution in [0.3, 0.4) is 0 Å². The quantitative estimate of drug-likeness (QED) is 0.754. The van der Waals surface area contributed by atoms with Gasteiger partial charge in [0.2, 0.25) is 0 Å². The zero-order valence-electron chi connectivity index (χ0n) is 12.2. The van der Waals surface area contributed by atoms with Crippen LogP contribution < -0.4 is 16.4 Å². The van der Waals surface area contributed by atoms with Gasteiger partial charge in [-0.05, 0) is 31.1 Å². The summed E-state index contributed by atoms with van der Waals surface area (Å²) < 4.78 is 0. The lowest BCUT2D eigenvalue weighted by Crippen LogP contribution is -2.28. The van der Waals surface area contributed by atoms with Gasteiger partial charge in [-0.1, -0.05) is 31.6 Å². The maximum Gasteiger partial charge on any atom is 0.265 e. The molecule has 2 atom stereocenters. The number of hydrogen-bond donors (Lipinski definition) is 3. The van der Waals surface area contributed by atoms with Crippen molar-refractivity contribution >= 4 is 28.2 Å². The summed E-state index contributed by atoms with van der Waals surface area (Å²) in [5.74, 6) is 1.63. The first kappa shape index (κ1) is 15.1. The van der Waals surface area contributed by atoms with Crippen molar-refractivity contribution in [3.63, 3.8) is 0 Å². The first-order chi connectivity index (χ1) is 9.60. The predicted molar refractivity (Wildman–Crippen MR) is 84.1 cm³/mol. The summed E-state index contributed by atoms with van der Waals surface area (Å²) in [5.41, 5.74) is 5.82. The third kappa shape index (κ3) is 3.85. The summed E-state index contributed by atoms with van der Waals surface area (Å²) in [6.07, 6.45) is 4.71. The van der Waals surface area contributed by atoms with E-state index in [1.54, 1.807) is 0 Å². The second kappa shape index (κ2) is 6.92. The summed E-state index contributed by atoms with van der Waals surface area (Å²) in [5, 5.41) is 6.88. The topological polar surface area (TPSA) is 80.0 Å². The molecule has 0 aliphatic heterocycles. The van der Waals surface area contributed by atoms with Crippen LogP contribution in [0.5, 0.6) is 0 Å².